The number of benzene rings is 4. The number of esters is 1. The molecular formula is C33H32O5. The van der Waals surface area contributed by atoms with Gasteiger partial charge in [-0.3, -0.25) is 4.79 Å². The molecule has 194 valence electrons. The quantitative estimate of drug-likeness (QED) is 0.224. The van der Waals surface area contributed by atoms with Gasteiger partial charge in [-0.25, -0.2) is 0 Å². The van der Waals surface area contributed by atoms with Gasteiger partial charge in [-0.1, -0.05) is 60.7 Å². The van der Waals surface area contributed by atoms with Crippen LogP contribution in [-0.4, -0.2) is 19.7 Å². The summed E-state index contributed by atoms with van der Waals surface area (Å²) in [6.07, 6.45) is 0.309. The van der Waals surface area contributed by atoms with Crippen LogP contribution in [0.25, 0.3) is 11.1 Å². The Morgan fingerprint density at radius 2 is 1.61 bits per heavy atom. The molecule has 1 aliphatic rings. The van der Waals surface area contributed by atoms with E-state index in [9.17, 15) is 4.79 Å². The van der Waals surface area contributed by atoms with E-state index in [1.54, 1.807) is 0 Å². The summed E-state index contributed by atoms with van der Waals surface area (Å²) < 4.78 is 23.1. The van der Waals surface area contributed by atoms with Gasteiger partial charge >= 0.3 is 5.97 Å². The van der Waals surface area contributed by atoms with Crippen LogP contribution in [0.2, 0.25) is 0 Å². The van der Waals surface area contributed by atoms with E-state index in [1.807, 2.05) is 48.5 Å². The molecule has 0 saturated heterocycles. The second-order valence-corrected chi connectivity index (χ2v) is 9.65. The third kappa shape index (κ3) is 5.67. The minimum atomic E-state index is -0.234. The lowest BCUT2D eigenvalue weighted by Gasteiger charge is -2.17. The summed E-state index contributed by atoms with van der Waals surface area (Å²) in [6.45, 7) is 5.63. The molecule has 5 rings (SSSR count). The maximum absolute atomic E-state index is 11.7. The number of rotatable bonds is 9. The second-order valence-electron chi connectivity index (χ2n) is 9.65. The lowest BCUT2D eigenvalue weighted by molar-refractivity contribution is -0.141. The van der Waals surface area contributed by atoms with Gasteiger partial charge in [0.05, 0.1) is 20.1 Å². The van der Waals surface area contributed by atoms with Gasteiger partial charge in [0, 0.05) is 23.1 Å². The summed E-state index contributed by atoms with van der Waals surface area (Å²) in [7, 11) is 1.41. The molecule has 0 fully saturated rings. The molecule has 0 aromatic heterocycles. The van der Waals surface area contributed by atoms with Crippen LogP contribution in [0.5, 0.6) is 17.2 Å². The average Bonchev–Trinajstić information content (AvgIpc) is 3.33. The predicted octanol–water partition coefficient (Wildman–Crippen LogP) is 7.17. The van der Waals surface area contributed by atoms with Gasteiger partial charge in [0.25, 0.3) is 0 Å². The largest absolute Gasteiger partial charge is 0.492 e. The van der Waals surface area contributed by atoms with E-state index < -0.39 is 0 Å². The van der Waals surface area contributed by atoms with Crippen molar-refractivity contribution in [3.8, 4) is 28.4 Å². The van der Waals surface area contributed by atoms with Gasteiger partial charge in [-0.15, -0.1) is 0 Å². The van der Waals surface area contributed by atoms with Crippen molar-refractivity contribution in [3.05, 3.63) is 113 Å². The summed E-state index contributed by atoms with van der Waals surface area (Å²) >= 11 is 0. The van der Waals surface area contributed by atoms with E-state index in [0.717, 1.165) is 39.5 Å². The fraction of sp³-hybridized carbons (Fsp3) is 0.242. The van der Waals surface area contributed by atoms with Crippen molar-refractivity contribution >= 4 is 5.97 Å². The van der Waals surface area contributed by atoms with Crippen molar-refractivity contribution in [2.75, 3.05) is 13.7 Å². The Morgan fingerprint density at radius 1 is 0.842 bits per heavy atom. The second kappa shape index (κ2) is 11.4. The van der Waals surface area contributed by atoms with Crippen molar-refractivity contribution in [2.45, 2.75) is 39.4 Å². The molecule has 0 spiro atoms. The number of carbonyl (C=O) groups is 1. The van der Waals surface area contributed by atoms with Crippen molar-refractivity contribution < 1.29 is 23.7 Å². The minimum absolute atomic E-state index is 0.00911. The Balaban J connectivity index is 1.36. The van der Waals surface area contributed by atoms with Crippen LogP contribution < -0.4 is 14.2 Å². The smallest absolute Gasteiger partial charge is 0.306 e. The van der Waals surface area contributed by atoms with E-state index >= 15 is 0 Å². The molecule has 0 aliphatic carbocycles. The Morgan fingerprint density at radius 3 is 2.37 bits per heavy atom. The van der Waals surface area contributed by atoms with Crippen LogP contribution in [0.4, 0.5) is 0 Å². The Labute approximate surface area is 223 Å². The van der Waals surface area contributed by atoms with E-state index in [1.165, 1.54) is 23.8 Å². The molecule has 0 N–H and O–H groups in total. The van der Waals surface area contributed by atoms with E-state index in [0.29, 0.717) is 26.2 Å². The molecule has 38 heavy (non-hydrogen) atoms. The first-order valence-electron chi connectivity index (χ1n) is 12.8. The first-order valence-corrected chi connectivity index (χ1v) is 12.8. The highest BCUT2D eigenvalue weighted by molar-refractivity contribution is 5.76. The van der Waals surface area contributed by atoms with Gasteiger partial charge < -0.3 is 18.9 Å². The molecule has 1 atom stereocenters. The van der Waals surface area contributed by atoms with E-state index in [2.05, 4.69) is 50.2 Å². The number of aryl methyl sites for hydroxylation is 2. The van der Waals surface area contributed by atoms with Crippen LogP contribution in [0.1, 0.15) is 40.2 Å². The third-order valence-corrected chi connectivity index (χ3v) is 6.94. The summed E-state index contributed by atoms with van der Waals surface area (Å²) in [5.74, 6) is 2.10. The number of hydrogen-bond acceptors (Lipinski definition) is 5. The fourth-order valence-corrected chi connectivity index (χ4v) is 4.93. The molecule has 5 nitrogen and oxygen atoms in total. The van der Waals surface area contributed by atoms with Crippen molar-refractivity contribution in [2.24, 2.45) is 0 Å². The van der Waals surface area contributed by atoms with Gasteiger partial charge in [0.2, 0.25) is 0 Å². The van der Waals surface area contributed by atoms with Crippen molar-refractivity contribution in [1.82, 2.24) is 0 Å². The van der Waals surface area contributed by atoms with Crippen molar-refractivity contribution in [3.63, 3.8) is 0 Å². The molecule has 0 amide bonds. The van der Waals surface area contributed by atoms with Crippen LogP contribution in [0.3, 0.4) is 0 Å². The molecule has 1 unspecified atom stereocenters. The SMILES string of the molecule is COC(=O)CC1COc2cc(OCc3ccc(OCc4ccccc4)c(-c4c(C)cccc4C)c3)ccc21. The fourth-order valence-electron chi connectivity index (χ4n) is 4.93. The molecule has 5 heteroatoms. The first kappa shape index (κ1) is 25.4. The molecule has 1 aliphatic heterocycles. The zero-order valence-electron chi connectivity index (χ0n) is 22.0. The molecule has 4 aromatic rings. The summed E-state index contributed by atoms with van der Waals surface area (Å²) in [5.41, 5.74) is 7.81. The summed E-state index contributed by atoms with van der Waals surface area (Å²) in [6, 6.07) is 28.6. The highest BCUT2D eigenvalue weighted by Gasteiger charge is 2.27. The Bertz CT molecular complexity index is 1410. The highest BCUT2D eigenvalue weighted by atomic mass is 16.5. The molecular weight excluding hydrogens is 476 g/mol. The monoisotopic (exact) mass is 508 g/mol. The number of hydrogen-bond donors (Lipinski definition) is 0. The van der Waals surface area contributed by atoms with Gasteiger partial charge in [0.15, 0.2) is 0 Å². The van der Waals surface area contributed by atoms with Crippen LogP contribution in [0.15, 0.2) is 84.9 Å². The lowest BCUT2D eigenvalue weighted by atomic mass is 9.94. The zero-order chi connectivity index (χ0) is 26.5. The van der Waals surface area contributed by atoms with Crippen molar-refractivity contribution in [1.29, 1.82) is 0 Å². The number of carbonyl (C=O) groups excluding carboxylic acids is 1. The molecule has 0 saturated carbocycles. The molecule has 0 bridgehead atoms. The molecule has 1 heterocycles. The molecule has 0 radical (unpaired) electrons. The van der Waals surface area contributed by atoms with E-state index in [-0.39, 0.29) is 11.9 Å². The number of fused-ring (bicyclic) bond motifs is 1. The average molecular weight is 509 g/mol. The Kier molecular flexibility index (Phi) is 7.64. The predicted molar refractivity (Wildman–Crippen MR) is 148 cm³/mol. The molecule has 4 aromatic carbocycles. The normalized spacial score (nSPS) is 13.9. The van der Waals surface area contributed by atoms with Crippen LogP contribution in [-0.2, 0) is 22.7 Å². The maximum atomic E-state index is 11.7. The summed E-state index contributed by atoms with van der Waals surface area (Å²) in [4.78, 5) is 11.7. The van der Waals surface area contributed by atoms with E-state index in [4.69, 9.17) is 18.9 Å². The van der Waals surface area contributed by atoms with Crippen LogP contribution in [0, 0.1) is 13.8 Å². The number of methoxy groups -OCH3 is 1. The Hall–Kier alpha value is -4.25. The summed E-state index contributed by atoms with van der Waals surface area (Å²) in [5, 5.41) is 0. The van der Waals surface area contributed by atoms with Gasteiger partial charge in [-0.05, 0) is 59.9 Å². The topological polar surface area (TPSA) is 54.0 Å². The highest BCUT2D eigenvalue weighted by Crippen LogP contribution is 2.39. The minimum Gasteiger partial charge on any atom is -0.492 e. The van der Waals surface area contributed by atoms with Gasteiger partial charge in [-0.2, -0.15) is 0 Å². The maximum Gasteiger partial charge on any atom is 0.306 e. The number of ether oxygens (including phenoxy) is 4. The third-order valence-electron chi connectivity index (χ3n) is 6.94. The first-order chi connectivity index (χ1) is 18.5. The lowest BCUT2D eigenvalue weighted by Crippen LogP contribution is -2.09. The van der Waals surface area contributed by atoms with Crippen LogP contribution >= 0.6 is 0 Å². The zero-order valence-corrected chi connectivity index (χ0v) is 22.0. The standard InChI is InChI=1S/C33H32O5/c1-22-8-7-9-23(2)33(22)29-16-25(12-15-30(29)37-19-24-10-5-4-6-11-24)20-36-27-13-14-28-26(17-32(34)35-3)21-38-31(28)18-27/h4-16,18,26H,17,19-21H2,1-3H3. The van der Waals surface area contributed by atoms with Gasteiger partial charge in [0.1, 0.15) is 30.5 Å².